The highest BCUT2D eigenvalue weighted by Gasteiger charge is 2.45. The van der Waals surface area contributed by atoms with E-state index in [0.29, 0.717) is 32.7 Å². The third kappa shape index (κ3) is 5.40. The van der Waals surface area contributed by atoms with E-state index in [4.69, 9.17) is 4.74 Å². The maximum absolute atomic E-state index is 13.8. The van der Waals surface area contributed by atoms with Crippen molar-refractivity contribution in [3.8, 4) is 0 Å². The summed E-state index contributed by atoms with van der Waals surface area (Å²) in [6.07, 6.45) is -0.480. The fourth-order valence-corrected chi connectivity index (χ4v) is 2.41. The summed E-state index contributed by atoms with van der Waals surface area (Å²) in [5.74, 6) is -4.61. The summed E-state index contributed by atoms with van der Waals surface area (Å²) >= 11 is 0. The van der Waals surface area contributed by atoms with E-state index in [2.05, 4.69) is 5.32 Å². The zero-order valence-corrected chi connectivity index (χ0v) is 13.0. The number of nitrogens with one attached hydrogen (secondary N) is 1. The second kappa shape index (κ2) is 7.71. The second-order valence-electron chi connectivity index (χ2n) is 5.80. The SMILES string of the molecule is CCCC(F)(F)C[C@](C)(NC(=O)N1CCCOCC1)C(=O)O. The van der Waals surface area contributed by atoms with Gasteiger partial charge in [-0.1, -0.05) is 13.3 Å². The number of urea groups is 1. The van der Waals surface area contributed by atoms with E-state index in [1.165, 1.54) is 4.90 Å². The van der Waals surface area contributed by atoms with Crippen molar-refractivity contribution in [2.75, 3.05) is 26.3 Å². The first-order valence-electron chi connectivity index (χ1n) is 7.46. The second-order valence-corrected chi connectivity index (χ2v) is 5.80. The van der Waals surface area contributed by atoms with Crippen molar-refractivity contribution in [3.05, 3.63) is 0 Å². The first-order chi connectivity index (χ1) is 10.2. The van der Waals surface area contributed by atoms with Crippen LogP contribution in [0.2, 0.25) is 0 Å². The molecule has 8 heteroatoms. The summed E-state index contributed by atoms with van der Waals surface area (Å²) in [6, 6.07) is -0.650. The molecule has 0 aliphatic carbocycles. The van der Waals surface area contributed by atoms with Crippen LogP contribution < -0.4 is 5.32 Å². The van der Waals surface area contributed by atoms with Crippen LogP contribution in [0, 0.1) is 0 Å². The highest BCUT2D eigenvalue weighted by Crippen LogP contribution is 2.31. The first-order valence-corrected chi connectivity index (χ1v) is 7.46. The number of halogens is 2. The van der Waals surface area contributed by atoms with Crippen LogP contribution in [0.25, 0.3) is 0 Å². The molecule has 1 atom stereocenters. The van der Waals surface area contributed by atoms with Crippen LogP contribution in [0.1, 0.15) is 39.5 Å². The fraction of sp³-hybridized carbons (Fsp3) is 0.857. The van der Waals surface area contributed by atoms with Gasteiger partial charge in [-0.2, -0.15) is 0 Å². The van der Waals surface area contributed by atoms with Gasteiger partial charge in [-0.15, -0.1) is 0 Å². The van der Waals surface area contributed by atoms with Crippen LogP contribution >= 0.6 is 0 Å². The number of ether oxygens (including phenoxy) is 1. The van der Waals surface area contributed by atoms with E-state index >= 15 is 0 Å². The summed E-state index contributed by atoms with van der Waals surface area (Å²) in [4.78, 5) is 25.0. The molecule has 1 saturated heterocycles. The fourth-order valence-electron chi connectivity index (χ4n) is 2.41. The van der Waals surface area contributed by atoms with Gasteiger partial charge >= 0.3 is 12.0 Å². The summed E-state index contributed by atoms with van der Waals surface area (Å²) in [7, 11) is 0. The number of alkyl halides is 2. The van der Waals surface area contributed by atoms with Gasteiger partial charge in [0.15, 0.2) is 0 Å². The molecule has 0 aromatic rings. The lowest BCUT2D eigenvalue weighted by Crippen LogP contribution is -2.58. The van der Waals surface area contributed by atoms with Crippen molar-refractivity contribution in [2.45, 2.75) is 51.0 Å². The predicted octanol–water partition coefficient (Wildman–Crippen LogP) is 2.09. The van der Waals surface area contributed by atoms with E-state index in [1.54, 1.807) is 6.92 Å². The van der Waals surface area contributed by atoms with E-state index in [-0.39, 0.29) is 6.42 Å². The van der Waals surface area contributed by atoms with Crippen molar-refractivity contribution < 1.29 is 28.2 Å². The van der Waals surface area contributed by atoms with Gasteiger partial charge in [0.05, 0.1) is 6.61 Å². The predicted molar refractivity (Wildman–Crippen MR) is 76.1 cm³/mol. The molecule has 1 fully saturated rings. The molecule has 2 N–H and O–H groups in total. The van der Waals surface area contributed by atoms with Gasteiger partial charge in [-0.25, -0.2) is 18.4 Å². The van der Waals surface area contributed by atoms with Crippen LogP contribution in [-0.2, 0) is 9.53 Å². The Morgan fingerprint density at radius 2 is 2.00 bits per heavy atom. The summed E-state index contributed by atoms with van der Waals surface area (Å²) in [5.41, 5.74) is -2.01. The minimum atomic E-state index is -3.14. The number of carbonyl (C=O) groups is 2. The van der Waals surface area contributed by atoms with Gasteiger partial charge in [0.1, 0.15) is 5.54 Å². The molecule has 22 heavy (non-hydrogen) atoms. The minimum absolute atomic E-state index is 0.236. The lowest BCUT2D eigenvalue weighted by atomic mass is 9.92. The van der Waals surface area contributed by atoms with E-state index < -0.39 is 36.3 Å². The number of carboxylic acid groups (broad SMARTS) is 1. The third-order valence-electron chi connectivity index (χ3n) is 3.59. The molecule has 1 aliphatic rings. The maximum Gasteiger partial charge on any atom is 0.329 e. The number of rotatable bonds is 6. The van der Waals surface area contributed by atoms with Gasteiger partial charge in [-0.3, -0.25) is 0 Å². The normalized spacial score (nSPS) is 19.2. The molecule has 2 amide bonds. The largest absolute Gasteiger partial charge is 0.480 e. The first kappa shape index (κ1) is 18.6. The molecule has 0 aromatic heterocycles. The standard InChI is InChI=1S/C14H24F2N2O4/c1-3-5-14(15,16)10-13(2,11(19)20)17-12(21)18-6-4-8-22-9-7-18/h3-10H2,1-2H3,(H,17,21)(H,19,20)/t13-/m0/s1. The van der Waals surface area contributed by atoms with Crippen LogP contribution in [0.5, 0.6) is 0 Å². The Hall–Kier alpha value is -1.44. The zero-order valence-electron chi connectivity index (χ0n) is 13.0. The van der Waals surface area contributed by atoms with Crippen molar-refractivity contribution in [1.29, 1.82) is 0 Å². The molecule has 0 aromatic carbocycles. The van der Waals surface area contributed by atoms with Crippen LogP contribution in [-0.4, -0.2) is 59.8 Å². The Morgan fingerprint density at radius 1 is 1.32 bits per heavy atom. The Bertz CT molecular complexity index is 398. The number of amides is 2. The van der Waals surface area contributed by atoms with Crippen LogP contribution in [0.3, 0.4) is 0 Å². The highest BCUT2D eigenvalue weighted by molar-refractivity contribution is 5.86. The number of aliphatic carboxylic acids is 1. The maximum atomic E-state index is 13.8. The van der Waals surface area contributed by atoms with Crippen molar-refractivity contribution in [3.63, 3.8) is 0 Å². The number of hydrogen-bond acceptors (Lipinski definition) is 3. The van der Waals surface area contributed by atoms with Gasteiger partial charge in [-0.05, 0) is 13.3 Å². The minimum Gasteiger partial charge on any atom is -0.480 e. The van der Waals surface area contributed by atoms with Gasteiger partial charge in [0.25, 0.3) is 5.92 Å². The summed E-state index contributed by atoms with van der Waals surface area (Å²) in [6.45, 7) is 4.31. The molecule has 0 unspecified atom stereocenters. The van der Waals surface area contributed by atoms with Crippen molar-refractivity contribution in [1.82, 2.24) is 10.2 Å². The van der Waals surface area contributed by atoms with Crippen LogP contribution in [0.15, 0.2) is 0 Å². The Balaban J connectivity index is 2.77. The summed E-state index contributed by atoms with van der Waals surface area (Å²) in [5, 5.41) is 11.5. The molecule has 0 saturated carbocycles. The summed E-state index contributed by atoms with van der Waals surface area (Å²) < 4.78 is 32.8. The molecular formula is C14H24F2N2O4. The molecule has 0 bridgehead atoms. The number of carbonyl (C=O) groups excluding carboxylic acids is 1. The lowest BCUT2D eigenvalue weighted by molar-refractivity contribution is -0.148. The lowest BCUT2D eigenvalue weighted by Gasteiger charge is -2.32. The number of carboxylic acids is 1. The molecule has 1 rings (SSSR count). The van der Waals surface area contributed by atoms with Gasteiger partial charge < -0.3 is 20.1 Å². The average Bonchev–Trinajstić information content (AvgIpc) is 2.66. The smallest absolute Gasteiger partial charge is 0.329 e. The Morgan fingerprint density at radius 3 is 2.59 bits per heavy atom. The molecule has 1 heterocycles. The third-order valence-corrected chi connectivity index (χ3v) is 3.59. The zero-order chi connectivity index (χ0) is 16.8. The van der Waals surface area contributed by atoms with E-state index in [0.717, 1.165) is 6.92 Å². The molecule has 128 valence electrons. The quantitative estimate of drug-likeness (QED) is 0.785. The highest BCUT2D eigenvalue weighted by atomic mass is 19.3. The topological polar surface area (TPSA) is 78.9 Å². The molecule has 6 nitrogen and oxygen atoms in total. The Labute approximate surface area is 128 Å². The van der Waals surface area contributed by atoms with Crippen molar-refractivity contribution in [2.24, 2.45) is 0 Å². The monoisotopic (exact) mass is 322 g/mol. The number of nitrogens with zero attached hydrogens (tertiary/aromatic N) is 1. The van der Waals surface area contributed by atoms with Gasteiger partial charge in [0, 0.05) is 32.5 Å². The molecule has 0 spiro atoms. The van der Waals surface area contributed by atoms with E-state index in [9.17, 15) is 23.5 Å². The van der Waals surface area contributed by atoms with E-state index in [1.807, 2.05) is 0 Å². The number of hydrogen-bond donors (Lipinski definition) is 2. The molecule has 0 radical (unpaired) electrons. The van der Waals surface area contributed by atoms with Gasteiger partial charge in [0.2, 0.25) is 0 Å². The van der Waals surface area contributed by atoms with Crippen LogP contribution in [0.4, 0.5) is 13.6 Å². The Kier molecular flexibility index (Phi) is 6.52. The van der Waals surface area contributed by atoms with Crippen molar-refractivity contribution >= 4 is 12.0 Å². The molecule has 1 aliphatic heterocycles. The molecular weight excluding hydrogens is 298 g/mol. The average molecular weight is 322 g/mol.